The van der Waals surface area contributed by atoms with Gasteiger partial charge in [0.05, 0.1) is 23.8 Å². The van der Waals surface area contributed by atoms with Crippen molar-refractivity contribution in [1.29, 1.82) is 0 Å². The summed E-state index contributed by atoms with van der Waals surface area (Å²) in [5.41, 5.74) is 1.56. The van der Waals surface area contributed by atoms with Crippen LogP contribution >= 0.6 is 0 Å². The zero-order valence-corrected chi connectivity index (χ0v) is 19.4. The molecule has 4 atom stereocenters. The van der Waals surface area contributed by atoms with E-state index in [4.69, 9.17) is 4.74 Å². The molecular weight excluding hydrogens is 445 g/mol. The van der Waals surface area contributed by atoms with Gasteiger partial charge in [-0.1, -0.05) is 30.3 Å². The number of amides is 2. The highest BCUT2D eigenvalue weighted by molar-refractivity contribution is 5.73. The predicted octanol–water partition coefficient (Wildman–Crippen LogP) is 4.57. The molecular formula is C25H31F3N4O2. The number of nitrogens with one attached hydrogen (secondary N) is 3. The largest absolute Gasteiger partial charge is 0.416 e. The molecule has 4 rings (SSSR count). The fourth-order valence-corrected chi connectivity index (χ4v) is 4.74. The summed E-state index contributed by atoms with van der Waals surface area (Å²) >= 11 is 0. The molecule has 2 aromatic rings. The Morgan fingerprint density at radius 2 is 1.88 bits per heavy atom. The van der Waals surface area contributed by atoms with Crippen molar-refractivity contribution in [2.24, 2.45) is 5.92 Å². The minimum Gasteiger partial charge on any atom is -0.378 e. The highest BCUT2D eigenvalue weighted by atomic mass is 19.4. The van der Waals surface area contributed by atoms with Gasteiger partial charge < -0.3 is 25.6 Å². The van der Waals surface area contributed by atoms with Crippen molar-refractivity contribution in [2.45, 2.75) is 37.3 Å². The molecule has 3 N–H and O–H groups in total. The number of urea groups is 1. The third kappa shape index (κ3) is 5.64. The van der Waals surface area contributed by atoms with E-state index in [0.717, 1.165) is 24.6 Å². The van der Waals surface area contributed by atoms with Crippen molar-refractivity contribution in [3.8, 4) is 0 Å². The number of alkyl halides is 3. The minimum atomic E-state index is -4.43. The molecule has 0 radical (unpaired) electrons. The Kier molecular flexibility index (Phi) is 7.33. The molecule has 0 spiro atoms. The predicted molar refractivity (Wildman–Crippen MR) is 125 cm³/mol. The van der Waals surface area contributed by atoms with Crippen molar-refractivity contribution in [1.82, 2.24) is 15.5 Å². The van der Waals surface area contributed by atoms with Gasteiger partial charge in [0.25, 0.3) is 0 Å². The summed E-state index contributed by atoms with van der Waals surface area (Å²) in [6.45, 7) is 1.55. The number of anilines is 1. The van der Waals surface area contributed by atoms with Gasteiger partial charge in [0.15, 0.2) is 0 Å². The maximum atomic E-state index is 13.4. The molecule has 0 bridgehead atoms. The maximum Gasteiger partial charge on any atom is 0.416 e. The Balaban J connectivity index is 1.52. The van der Waals surface area contributed by atoms with Gasteiger partial charge in [0.2, 0.25) is 0 Å². The summed E-state index contributed by atoms with van der Waals surface area (Å²) in [5, 5.41) is 9.09. The normalized spacial score (nSPS) is 24.1. The van der Waals surface area contributed by atoms with E-state index in [2.05, 4.69) is 16.0 Å². The van der Waals surface area contributed by atoms with Crippen LogP contribution < -0.4 is 16.0 Å². The van der Waals surface area contributed by atoms with Gasteiger partial charge in [-0.25, -0.2) is 4.79 Å². The number of carbonyl (C=O) groups is 1. The van der Waals surface area contributed by atoms with Gasteiger partial charge >= 0.3 is 12.2 Å². The molecule has 184 valence electrons. The van der Waals surface area contributed by atoms with E-state index in [-0.39, 0.29) is 24.1 Å². The lowest BCUT2D eigenvalue weighted by Crippen LogP contribution is -2.46. The van der Waals surface area contributed by atoms with Crippen LogP contribution in [0.5, 0.6) is 0 Å². The second kappa shape index (κ2) is 10.2. The molecule has 6 nitrogen and oxygen atoms in total. The molecule has 2 aromatic carbocycles. The minimum absolute atomic E-state index is 0.0245. The van der Waals surface area contributed by atoms with E-state index in [0.29, 0.717) is 30.8 Å². The molecule has 2 heterocycles. The summed E-state index contributed by atoms with van der Waals surface area (Å²) in [4.78, 5) is 14.1. The molecule has 1 fully saturated rings. The Hall–Kier alpha value is -2.78. The highest BCUT2D eigenvalue weighted by Crippen LogP contribution is 2.51. The van der Waals surface area contributed by atoms with Crippen molar-refractivity contribution in [3.63, 3.8) is 0 Å². The zero-order chi connectivity index (χ0) is 24.3. The van der Waals surface area contributed by atoms with E-state index in [1.54, 1.807) is 0 Å². The topological polar surface area (TPSA) is 65.6 Å². The monoisotopic (exact) mass is 476 g/mol. The molecule has 2 aliphatic heterocycles. The van der Waals surface area contributed by atoms with Gasteiger partial charge in [-0.2, -0.15) is 13.2 Å². The number of hydrogen-bond acceptors (Lipinski definition) is 4. The highest BCUT2D eigenvalue weighted by Gasteiger charge is 2.43. The summed E-state index contributed by atoms with van der Waals surface area (Å²) < 4.78 is 46.7. The second-order valence-corrected chi connectivity index (χ2v) is 9.19. The van der Waals surface area contributed by atoms with Crippen molar-refractivity contribution < 1.29 is 22.7 Å². The average Bonchev–Trinajstić information content (AvgIpc) is 2.81. The second-order valence-electron chi connectivity index (χ2n) is 9.19. The fourth-order valence-electron chi connectivity index (χ4n) is 4.74. The number of nitrogens with zero attached hydrogens (tertiary/aromatic N) is 1. The standard InChI is InChI=1S/C25H31F3N4O2/c1-32(2)13-12-29-24(33)30-15-18-9-10-19-22(16-6-4-3-5-7-16)31-21-11-8-17(25(26,27)28)14-20(21)23(19)34-18/h3-8,11,14,18-19,22-23,31H,9-10,12-13,15H2,1-2H3,(H2,29,30,33)/t18-,19?,22+,23+/m1/s1. The lowest BCUT2D eigenvalue weighted by Gasteiger charge is -2.46. The van der Waals surface area contributed by atoms with Crippen LogP contribution in [0, 0.1) is 5.92 Å². The first kappa shape index (κ1) is 24.3. The van der Waals surface area contributed by atoms with Crippen LogP contribution in [0.2, 0.25) is 0 Å². The molecule has 1 saturated heterocycles. The first-order valence-electron chi connectivity index (χ1n) is 11.6. The number of carbonyl (C=O) groups excluding carboxylic acids is 1. The van der Waals surface area contributed by atoms with Gasteiger partial charge in [-0.3, -0.25) is 0 Å². The van der Waals surface area contributed by atoms with Crippen LogP contribution in [-0.2, 0) is 10.9 Å². The Morgan fingerprint density at radius 3 is 2.59 bits per heavy atom. The third-order valence-electron chi connectivity index (χ3n) is 6.47. The first-order chi connectivity index (χ1) is 16.2. The molecule has 9 heteroatoms. The van der Waals surface area contributed by atoms with Crippen LogP contribution in [0.4, 0.5) is 23.7 Å². The molecule has 0 aromatic heterocycles. The number of fused-ring (bicyclic) bond motifs is 3. The first-order valence-corrected chi connectivity index (χ1v) is 11.6. The van der Waals surface area contributed by atoms with Crippen molar-refractivity contribution in [2.75, 3.05) is 39.0 Å². The molecule has 0 saturated carbocycles. The number of rotatable bonds is 6. The van der Waals surface area contributed by atoms with Crippen molar-refractivity contribution >= 4 is 11.7 Å². The Labute approximate surface area is 197 Å². The lowest BCUT2D eigenvalue weighted by atomic mass is 9.76. The SMILES string of the molecule is CN(C)CCNC(=O)NC[C@H]1CCC2[C@H](O1)c1cc(C(F)(F)F)ccc1N[C@H]2c1ccccc1. The summed E-state index contributed by atoms with van der Waals surface area (Å²) in [6, 6.07) is 13.4. The maximum absolute atomic E-state index is 13.4. The fraction of sp³-hybridized carbons (Fsp3) is 0.480. The van der Waals surface area contributed by atoms with E-state index >= 15 is 0 Å². The van der Waals surface area contributed by atoms with Gasteiger partial charge in [0, 0.05) is 36.8 Å². The number of likely N-dealkylation sites (N-methyl/N-ethyl adjacent to an activating group) is 1. The number of benzene rings is 2. The van der Waals surface area contributed by atoms with Gasteiger partial charge in [-0.15, -0.1) is 0 Å². The van der Waals surface area contributed by atoms with Crippen LogP contribution in [-0.4, -0.2) is 50.8 Å². The average molecular weight is 477 g/mol. The van der Waals surface area contributed by atoms with Crippen LogP contribution in [0.3, 0.4) is 0 Å². The summed E-state index contributed by atoms with van der Waals surface area (Å²) in [6.07, 6.45) is -3.74. The van der Waals surface area contributed by atoms with Crippen LogP contribution in [0.15, 0.2) is 48.5 Å². The smallest absolute Gasteiger partial charge is 0.378 e. The van der Waals surface area contributed by atoms with E-state index in [9.17, 15) is 18.0 Å². The van der Waals surface area contributed by atoms with E-state index in [1.807, 2.05) is 49.3 Å². The van der Waals surface area contributed by atoms with E-state index in [1.165, 1.54) is 12.1 Å². The van der Waals surface area contributed by atoms with Gasteiger partial charge in [-0.05, 0) is 50.7 Å². The Bertz CT molecular complexity index is 984. The van der Waals surface area contributed by atoms with Gasteiger partial charge in [0.1, 0.15) is 0 Å². The summed E-state index contributed by atoms with van der Waals surface area (Å²) in [5.74, 6) is -0.0245. The number of ether oxygens (including phenoxy) is 1. The zero-order valence-electron chi connectivity index (χ0n) is 19.4. The molecule has 0 aliphatic carbocycles. The molecule has 2 amide bonds. The third-order valence-corrected chi connectivity index (χ3v) is 6.47. The molecule has 2 aliphatic rings. The molecule has 34 heavy (non-hydrogen) atoms. The van der Waals surface area contributed by atoms with E-state index < -0.39 is 17.8 Å². The Morgan fingerprint density at radius 1 is 1.12 bits per heavy atom. The van der Waals surface area contributed by atoms with Crippen molar-refractivity contribution in [3.05, 3.63) is 65.2 Å². The quantitative estimate of drug-likeness (QED) is 0.572. The lowest BCUT2D eigenvalue weighted by molar-refractivity contribution is -0.138. The van der Waals surface area contributed by atoms with Crippen LogP contribution in [0.25, 0.3) is 0 Å². The molecule has 1 unspecified atom stereocenters. The number of hydrogen-bond donors (Lipinski definition) is 3. The summed E-state index contributed by atoms with van der Waals surface area (Å²) in [7, 11) is 3.85. The number of halogens is 3. The van der Waals surface area contributed by atoms with Crippen LogP contribution in [0.1, 0.15) is 41.7 Å².